The molecule has 1 atom stereocenters. The fourth-order valence-electron chi connectivity index (χ4n) is 1.47. The molecule has 0 aliphatic carbocycles. The number of ether oxygens (including phenoxy) is 1. The third-order valence-electron chi connectivity index (χ3n) is 2.59. The predicted molar refractivity (Wildman–Crippen MR) is 70.6 cm³/mol. The van der Waals surface area contributed by atoms with Crippen LogP contribution in [-0.2, 0) is 16.1 Å². The van der Waals surface area contributed by atoms with Crippen molar-refractivity contribution in [3.05, 3.63) is 48.6 Å². The van der Waals surface area contributed by atoms with E-state index in [4.69, 9.17) is 9.84 Å². The van der Waals surface area contributed by atoms with Crippen molar-refractivity contribution < 1.29 is 19.4 Å². The monoisotopic (exact) mass is 263 g/mol. The molecule has 1 unspecified atom stereocenters. The highest BCUT2D eigenvalue weighted by molar-refractivity contribution is 5.79. The normalized spacial score (nSPS) is 11.4. The van der Waals surface area contributed by atoms with Gasteiger partial charge < -0.3 is 9.84 Å². The Morgan fingerprint density at radius 3 is 2.58 bits per heavy atom. The van der Waals surface area contributed by atoms with Crippen molar-refractivity contribution in [2.24, 2.45) is 0 Å². The van der Waals surface area contributed by atoms with Gasteiger partial charge in [0.1, 0.15) is 12.6 Å². The predicted octanol–water partition coefficient (Wildman–Crippen LogP) is 2.28. The van der Waals surface area contributed by atoms with Gasteiger partial charge in [-0.05, 0) is 12.5 Å². The molecule has 0 saturated carbocycles. The second-order valence-electron chi connectivity index (χ2n) is 4.00. The van der Waals surface area contributed by atoms with E-state index in [1.807, 2.05) is 30.3 Å². The summed E-state index contributed by atoms with van der Waals surface area (Å²) >= 11 is 0. The van der Waals surface area contributed by atoms with Crippen LogP contribution in [0, 0.1) is 0 Å². The summed E-state index contributed by atoms with van der Waals surface area (Å²) in [5.74, 6) is -1.08. The number of carboxylic acid groups (broad SMARTS) is 1. The topological polar surface area (TPSA) is 66.8 Å². The SMILES string of the molecule is C=CCN(C(=O)OCc1ccccc1)C(C)C(=O)O. The number of nitrogens with zero attached hydrogens (tertiary/aromatic N) is 1. The lowest BCUT2D eigenvalue weighted by Gasteiger charge is -2.24. The van der Waals surface area contributed by atoms with Gasteiger partial charge in [-0.25, -0.2) is 9.59 Å². The lowest BCUT2D eigenvalue weighted by atomic mass is 10.2. The molecule has 0 bridgehead atoms. The Morgan fingerprint density at radius 1 is 1.42 bits per heavy atom. The van der Waals surface area contributed by atoms with E-state index < -0.39 is 18.1 Å². The summed E-state index contributed by atoms with van der Waals surface area (Å²) in [5.41, 5.74) is 0.845. The molecule has 5 nitrogen and oxygen atoms in total. The number of rotatable bonds is 6. The van der Waals surface area contributed by atoms with Crippen LogP contribution in [0.5, 0.6) is 0 Å². The van der Waals surface area contributed by atoms with Gasteiger partial charge in [0, 0.05) is 6.54 Å². The third-order valence-corrected chi connectivity index (χ3v) is 2.59. The first-order valence-corrected chi connectivity index (χ1v) is 5.87. The zero-order valence-electron chi connectivity index (χ0n) is 10.8. The molecule has 0 aliphatic rings. The second-order valence-corrected chi connectivity index (χ2v) is 4.00. The Hall–Kier alpha value is -2.30. The maximum atomic E-state index is 11.8. The Kier molecular flexibility index (Phi) is 5.60. The maximum absolute atomic E-state index is 11.8. The summed E-state index contributed by atoms with van der Waals surface area (Å²) in [4.78, 5) is 23.9. The van der Waals surface area contributed by atoms with Gasteiger partial charge in [0.2, 0.25) is 0 Å². The van der Waals surface area contributed by atoms with Gasteiger partial charge in [-0.1, -0.05) is 36.4 Å². The number of amides is 1. The van der Waals surface area contributed by atoms with E-state index >= 15 is 0 Å². The second kappa shape index (κ2) is 7.20. The van der Waals surface area contributed by atoms with Crippen LogP contribution >= 0.6 is 0 Å². The molecule has 0 heterocycles. The molecule has 102 valence electrons. The molecule has 5 heteroatoms. The lowest BCUT2D eigenvalue weighted by molar-refractivity contribution is -0.141. The summed E-state index contributed by atoms with van der Waals surface area (Å²) in [6.07, 6.45) is 0.794. The first kappa shape index (κ1) is 14.8. The molecule has 1 amide bonds. The molecule has 0 spiro atoms. The minimum Gasteiger partial charge on any atom is -0.480 e. The van der Waals surface area contributed by atoms with E-state index in [1.54, 1.807) is 0 Å². The third kappa shape index (κ3) is 4.46. The molecule has 0 aromatic heterocycles. The average molecular weight is 263 g/mol. The molecule has 0 radical (unpaired) electrons. The van der Waals surface area contributed by atoms with Crippen LogP contribution in [0.2, 0.25) is 0 Å². The minimum absolute atomic E-state index is 0.111. The van der Waals surface area contributed by atoms with E-state index in [-0.39, 0.29) is 13.2 Å². The molecule has 0 aliphatic heterocycles. The number of benzene rings is 1. The number of hydrogen-bond acceptors (Lipinski definition) is 3. The Bertz CT molecular complexity index is 444. The number of hydrogen-bond donors (Lipinski definition) is 1. The van der Waals surface area contributed by atoms with Crippen LogP contribution in [-0.4, -0.2) is 34.7 Å². The number of carbonyl (C=O) groups excluding carboxylic acids is 1. The fraction of sp³-hybridized carbons (Fsp3) is 0.286. The summed E-state index contributed by atoms with van der Waals surface area (Å²) in [5, 5.41) is 8.93. The number of aliphatic carboxylic acids is 1. The van der Waals surface area contributed by atoms with Gasteiger partial charge in [-0.2, -0.15) is 0 Å². The summed E-state index contributed by atoms with van der Waals surface area (Å²) < 4.78 is 5.09. The number of carboxylic acids is 1. The van der Waals surface area contributed by atoms with E-state index in [9.17, 15) is 9.59 Å². The quantitative estimate of drug-likeness (QED) is 0.799. The molecular formula is C14H17NO4. The van der Waals surface area contributed by atoms with Crippen LogP contribution < -0.4 is 0 Å². The molecule has 0 saturated heterocycles. The minimum atomic E-state index is -1.08. The fourth-order valence-corrected chi connectivity index (χ4v) is 1.47. The maximum Gasteiger partial charge on any atom is 0.411 e. The Labute approximate surface area is 112 Å². The highest BCUT2D eigenvalue weighted by atomic mass is 16.6. The van der Waals surface area contributed by atoms with Crippen molar-refractivity contribution in [2.75, 3.05) is 6.54 Å². The Morgan fingerprint density at radius 2 is 2.05 bits per heavy atom. The van der Waals surface area contributed by atoms with Gasteiger partial charge in [-0.15, -0.1) is 6.58 Å². The zero-order chi connectivity index (χ0) is 14.3. The van der Waals surface area contributed by atoms with Crippen LogP contribution in [0.4, 0.5) is 4.79 Å². The zero-order valence-corrected chi connectivity index (χ0v) is 10.8. The molecule has 19 heavy (non-hydrogen) atoms. The molecular weight excluding hydrogens is 246 g/mol. The van der Waals surface area contributed by atoms with Gasteiger partial charge >= 0.3 is 12.1 Å². The van der Waals surface area contributed by atoms with Crippen molar-refractivity contribution in [2.45, 2.75) is 19.6 Å². The largest absolute Gasteiger partial charge is 0.480 e. The molecule has 1 aromatic rings. The summed E-state index contributed by atoms with van der Waals surface area (Å²) in [6, 6.07) is 8.23. The van der Waals surface area contributed by atoms with Crippen molar-refractivity contribution in [1.29, 1.82) is 0 Å². The van der Waals surface area contributed by atoms with E-state index in [0.29, 0.717) is 0 Å². The van der Waals surface area contributed by atoms with Gasteiger partial charge in [0.25, 0.3) is 0 Å². The van der Waals surface area contributed by atoms with Crippen LogP contribution in [0.15, 0.2) is 43.0 Å². The van der Waals surface area contributed by atoms with Crippen molar-refractivity contribution in [3.63, 3.8) is 0 Å². The first-order valence-electron chi connectivity index (χ1n) is 5.87. The van der Waals surface area contributed by atoms with Crippen molar-refractivity contribution in [1.82, 2.24) is 4.90 Å². The Balaban J connectivity index is 2.62. The lowest BCUT2D eigenvalue weighted by Crippen LogP contribution is -2.43. The smallest absolute Gasteiger partial charge is 0.411 e. The van der Waals surface area contributed by atoms with Gasteiger partial charge in [-0.3, -0.25) is 4.90 Å². The number of carbonyl (C=O) groups is 2. The van der Waals surface area contributed by atoms with E-state index in [2.05, 4.69) is 6.58 Å². The average Bonchev–Trinajstić information content (AvgIpc) is 2.42. The van der Waals surface area contributed by atoms with Crippen LogP contribution in [0.1, 0.15) is 12.5 Å². The van der Waals surface area contributed by atoms with Crippen molar-refractivity contribution in [3.8, 4) is 0 Å². The molecule has 1 rings (SSSR count). The summed E-state index contributed by atoms with van der Waals surface area (Å²) in [7, 11) is 0. The first-order chi connectivity index (χ1) is 9.06. The molecule has 0 fully saturated rings. The highest BCUT2D eigenvalue weighted by Gasteiger charge is 2.25. The van der Waals surface area contributed by atoms with E-state index in [0.717, 1.165) is 10.5 Å². The molecule has 1 aromatic carbocycles. The standard InChI is InChI=1S/C14H17NO4/c1-3-9-15(11(2)13(16)17)14(18)19-10-12-7-5-4-6-8-12/h3-8,11H,1,9-10H2,2H3,(H,16,17). The van der Waals surface area contributed by atoms with Crippen LogP contribution in [0.25, 0.3) is 0 Å². The van der Waals surface area contributed by atoms with Gasteiger partial charge in [0.05, 0.1) is 0 Å². The van der Waals surface area contributed by atoms with Crippen LogP contribution in [0.3, 0.4) is 0 Å². The summed E-state index contributed by atoms with van der Waals surface area (Å²) in [6.45, 7) is 5.16. The van der Waals surface area contributed by atoms with Crippen molar-refractivity contribution >= 4 is 12.1 Å². The van der Waals surface area contributed by atoms with Gasteiger partial charge in [0.15, 0.2) is 0 Å². The van der Waals surface area contributed by atoms with E-state index in [1.165, 1.54) is 13.0 Å². The highest BCUT2D eigenvalue weighted by Crippen LogP contribution is 2.06. The molecule has 1 N–H and O–H groups in total.